The number of aliphatic hydroxyl groups excluding tert-OH is 2. The van der Waals surface area contributed by atoms with Gasteiger partial charge in [0.2, 0.25) is 0 Å². The average Bonchev–Trinajstić information content (AvgIpc) is 2.37. The molecule has 1 rings (SSSR count). The summed E-state index contributed by atoms with van der Waals surface area (Å²) in [6.45, 7) is 4.44. The Balaban J connectivity index is 2.48. The van der Waals surface area contributed by atoms with E-state index >= 15 is 0 Å². The number of unbranched alkanes of at least 4 members (excludes halogenated alkanes) is 1. The molecule has 0 aromatic heterocycles. The van der Waals surface area contributed by atoms with Gasteiger partial charge in [-0.05, 0) is 18.5 Å². The van der Waals surface area contributed by atoms with Crippen LogP contribution in [0, 0.1) is 0 Å². The highest BCUT2D eigenvalue weighted by molar-refractivity contribution is 5.17. The van der Waals surface area contributed by atoms with Gasteiger partial charge in [0.25, 0.3) is 0 Å². The minimum atomic E-state index is -0.473. The summed E-state index contributed by atoms with van der Waals surface area (Å²) in [5, 5.41) is 19.1. The van der Waals surface area contributed by atoms with Gasteiger partial charge in [-0.25, -0.2) is 0 Å². The Morgan fingerprint density at radius 3 is 2.47 bits per heavy atom. The van der Waals surface area contributed by atoms with Crippen LogP contribution in [0.3, 0.4) is 0 Å². The molecule has 17 heavy (non-hydrogen) atoms. The van der Waals surface area contributed by atoms with Crippen molar-refractivity contribution in [1.29, 1.82) is 0 Å². The smallest absolute Gasteiger partial charge is 0.0916 e. The molecule has 0 fully saturated rings. The molecule has 0 bridgehead atoms. The Morgan fingerprint density at radius 1 is 1.18 bits per heavy atom. The van der Waals surface area contributed by atoms with E-state index in [1.165, 1.54) is 0 Å². The van der Waals surface area contributed by atoms with Crippen molar-refractivity contribution in [1.82, 2.24) is 4.90 Å². The van der Waals surface area contributed by atoms with Crippen molar-refractivity contribution >= 4 is 0 Å². The zero-order chi connectivity index (χ0) is 12.5. The van der Waals surface area contributed by atoms with E-state index in [0.717, 1.165) is 24.9 Å². The van der Waals surface area contributed by atoms with E-state index in [0.29, 0.717) is 13.1 Å². The van der Waals surface area contributed by atoms with Crippen LogP contribution in [0.15, 0.2) is 30.3 Å². The summed E-state index contributed by atoms with van der Waals surface area (Å²) < 4.78 is 0. The first-order valence-electron chi connectivity index (χ1n) is 6.34. The highest BCUT2D eigenvalue weighted by Gasteiger charge is 2.12. The molecule has 0 heterocycles. The van der Waals surface area contributed by atoms with E-state index in [1.54, 1.807) is 0 Å². The summed E-state index contributed by atoms with van der Waals surface area (Å²) in [5.41, 5.74) is 0.937. The molecule has 0 saturated carbocycles. The third-order valence-corrected chi connectivity index (χ3v) is 2.86. The van der Waals surface area contributed by atoms with E-state index in [1.807, 2.05) is 30.3 Å². The Bertz CT molecular complexity index is 290. The van der Waals surface area contributed by atoms with Crippen LogP contribution in [0.5, 0.6) is 0 Å². The summed E-state index contributed by atoms with van der Waals surface area (Å²) in [7, 11) is 0. The molecule has 96 valence electrons. The lowest BCUT2D eigenvalue weighted by molar-refractivity contribution is 0.0989. The molecule has 0 aliphatic rings. The predicted octanol–water partition coefficient (Wildman–Crippen LogP) is 1.81. The Hall–Kier alpha value is -0.900. The first-order chi connectivity index (χ1) is 8.27. The summed E-state index contributed by atoms with van der Waals surface area (Å²) in [6.07, 6.45) is 1.75. The quantitative estimate of drug-likeness (QED) is 0.725. The van der Waals surface area contributed by atoms with Crippen molar-refractivity contribution in [3.8, 4) is 0 Å². The molecule has 0 aliphatic heterocycles. The fourth-order valence-corrected chi connectivity index (χ4v) is 1.84. The van der Waals surface area contributed by atoms with Crippen molar-refractivity contribution in [2.75, 3.05) is 26.2 Å². The lowest BCUT2D eigenvalue weighted by Crippen LogP contribution is -2.32. The molecule has 1 aromatic rings. The Labute approximate surface area is 104 Å². The summed E-state index contributed by atoms with van der Waals surface area (Å²) >= 11 is 0. The van der Waals surface area contributed by atoms with Gasteiger partial charge in [-0.3, -0.25) is 4.90 Å². The Kier molecular flexibility index (Phi) is 6.86. The first-order valence-corrected chi connectivity index (χ1v) is 6.34. The van der Waals surface area contributed by atoms with Crippen molar-refractivity contribution in [2.45, 2.75) is 25.9 Å². The van der Waals surface area contributed by atoms with Crippen LogP contribution < -0.4 is 0 Å². The number of aliphatic hydroxyl groups is 2. The van der Waals surface area contributed by atoms with Gasteiger partial charge in [0.1, 0.15) is 0 Å². The zero-order valence-corrected chi connectivity index (χ0v) is 10.5. The topological polar surface area (TPSA) is 43.7 Å². The second-order valence-electron chi connectivity index (χ2n) is 4.30. The van der Waals surface area contributed by atoms with Gasteiger partial charge in [-0.1, -0.05) is 43.7 Å². The molecular weight excluding hydrogens is 214 g/mol. The van der Waals surface area contributed by atoms with Gasteiger partial charge >= 0.3 is 0 Å². The van der Waals surface area contributed by atoms with Crippen molar-refractivity contribution < 1.29 is 10.2 Å². The molecular formula is C14H23NO2. The molecule has 0 saturated heterocycles. The zero-order valence-electron chi connectivity index (χ0n) is 10.5. The fraction of sp³-hybridized carbons (Fsp3) is 0.571. The highest BCUT2D eigenvalue weighted by atomic mass is 16.3. The highest BCUT2D eigenvalue weighted by Crippen LogP contribution is 2.13. The lowest BCUT2D eigenvalue weighted by atomic mass is 10.1. The molecule has 2 N–H and O–H groups in total. The van der Waals surface area contributed by atoms with Crippen LogP contribution in [0.1, 0.15) is 31.4 Å². The van der Waals surface area contributed by atoms with E-state index in [9.17, 15) is 5.11 Å². The van der Waals surface area contributed by atoms with Gasteiger partial charge in [0, 0.05) is 13.1 Å². The fourth-order valence-electron chi connectivity index (χ4n) is 1.84. The van der Waals surface area contributed by atoms with Gasteiger partial charge in [-0.2, -0.15) is 0 Å². The van der Waals surface area contributed by atoms with Crippen LogP contribution in [-0.2, 0) is 0 Å². The van der Waals surface area contributed by atoms with Gasteiger partial charge in [-0.15, -0.1) is 0 Å². The number of hydrogen-bond donors (Lipinski definition) is 2. The molecule has 1 atom stereocenters. The molecule has 3 heteroatoms. The number of hydrogen-bond acceptors (Lipinski definition) is 3. The summed E-state index contributed by atoms with van der Waals surface area (Å²) in [4.78, 5) is 2.11. The minimum Gasteiger partial charge on any atom is -0.395 e. The monoisotopic (exact) mass is 237 g/mol. The normalized spacial score (nSPS) is 12.9. The number of nitrogens with zero attached hydrogens (tertiary/aromatic N) is 1. The Morgan fingerprint density at radius 2 is 1.88 bits per heavy atom. The molecule has 0 aliphatic carbocycles. The molecule has 0 spiro atoms. The maximum atomic E-state index is 10.1. The first kappa shape index (κ1) is 14.2. The largest absolute Gasteiger partial charge is 0.395 e. The second-order valence-corrected chi connectivity index (χ2v) is 4.30. The van der Waals surface area contributed by atoms with E-state index < -0.39 is 6.10 Å². The maximum absolute atomic E-state index is 10.1. The summed E-state index contributed by atoms with van der Waals surface area (Å²) in [5.74, 6) is 0. The predicted molar refractivity (Wildman–Crippen MR) is 69.8 cm³/mol. The summed E-state index contributed by atoms with van der Waals surface area (Å²) in [6, 6.07) is 9.67. The lowest BCUT2D eigenvalue weighted by Gasteiger charge is -2.24. The molecule has 0 radical (unpaired) electrons. The molecule has 0 amide bonds. The maximum Gasteiger partial charge on any atom is 0.0916 e. The van der Waals surface area contributed by atoms with E-state index in [-0.39, 0.29) is 6.61 Å². The van der Waals surface area contributed by atoms with Crippen molar-refractivity contribution in [2.24, 2.45) is 0 Å². The van der Waals surface area contributed by atoms with Crippen molar-refractivity contribution in [3.63, 3.8) is 0 Å². The number of rotatable bonds is 8. The SMILES string of the molecule is CCCCN(CCO)CC(O)c1ccccc1. The molecule has 3 nitrogen and oxygen atoms in total. The minimum absolute atomic E-state index is 0.144. The van der Waals surface area contributed by atoms with Gasteiger partial charge in [0.15, 0.2) is 0 Å². The third kappa shape index (κ3) is 5.31. The average molecular weight is 237 g/mol. The molecule has 1 unspecified atom stereocenters. The van der Waals surface area contributed by atoms with Crippen molar-refractivity contribution in [3.05, 3.63) is 35.9 Å². The standard InChI is InChI=1S/C14H23NO2/c1-2-3-9-15(10-11-16)12-14(17)13-7-5-4-6-8-13/h4-8,14,16-17H,2-3,9-12H2,1H3. The third-order valence-electron chi connectivity index (χ3n) is 2.86. The van der Waals surface area contributed by atoms with Gasteiger partial charge < -0.3 is 10.2 Å². The van der Waals surface area contributed by atoms with Crippen LogP contribution >= 0.6 is 0 Å². The van der Waals surface area contributed by atoms with Crippen LogP contribution in [0.2, 0.25) is 0 Å². The molecule has 1 aromatic carbocycles. The van der Waals surface area contributed by atoms with Crippen LogP contribution in [0.25, 0.3) is 0 Å². The second kappa shape index (κ2) is 8.23. The van der Waals surface area contributed by atoms with E-state index in [4.69, 9.17) is 5.11 Å². The van der Waals surface area contributed by atoms with Crippen LogP contribution in [0.4, 0.5) is 0 Å². The van der Waals surface area contributed by atoms with Gasteiger partial charge in [0.05, 0.1) is 12.7 Å². The van der Waals surface area contributed by atoms with Crippen LogP contribution in [-0.4, -0.2) is 41.4 Å². The van der Waals surface area contributed by atoms with E-state index in [2.05, 4.69) is 11.8 Å². The number of benzene rings is 1.